The molecule has 0 aromatic heterocycles. The quantitative estimate of drug-likeness (QED) is 0.179. The fourth-order valence-corrected chi connectivity index (χ4v) is 4.37. The molecule has 10 nitrogen and oxygen atoms in total. The van der Waals surface area contributed by atoms with Crippen LogP contribution >= 0.6 is 35.0 Å². The number of carbonyl (C=O) groups excluding carboxylic acids is 2. The molecule has 1 fully saturated rings. The predicted octanol–water partition coefficient (Wildman–Crippen LogP) is 6.84. The molecule has 13 heteroatoms. The van der Waals surface area contributed by atoms with Gasteiger partial charge in [-0.15, -0.1) is 0 Å². The molecule has 0 aliphatic carbocycles. The van der Waals surface area contributed by atoms with Crippen molar-refractivity contribution in [2.75, 3.05) is 0 Å². The van der Waals surface area contributed by atoms with Gasteiger partial charge in [0.05, 0.1) is 37.4 Å². The third-order valence-corrected chi connectivity index (χ3v) is 6.60. The Morgan fingerprint density at radius 2 is 1.64 bits per heavy atom. The first-order valence-corrected chi connectivity index (χ1v) is 11.6. The number of rotatable bonds is 7. The van der Waals surface area contributed by atoms with Crippen LogP contribution in [0.3, 0.4) is 0 Å². The van der Waals surface area contributed by atoms with Crippen molar-refractivity contribution in [3.63, 3.8) is 0 Å². The Hall–Kier alpha value is -3.93. The molecule has 1 heterocycles. The second-order valence-corrected chi connectivity index (χ2v) is 9.16. The van der Waals surface area contributed by atoms with Gasteiger partial charge in [0.1, 0.15) is 5.75 Å². The van der Waals surface area contributed by atoms with Crippen molar-refractivity contribution >= 4 is 63.6 Å². The van der Waals surface area contributed by atoms with Crippen LogP contribution in [0.25, 0.3) is 6.08 Å². The second-order valence-electron chi connectivity index (χ2n) is 7.35. The van der Waals surface area contributed by atoms with E-state index in [0.717, 1.165) is 34.9 Å². The molecule has 3 aromatic carbocycles. The van der Waals surface area contributed by atoms with Crippen LogP contribution in [0.2, 0.25) is 10.0 Å². The van der Waals surface area contributed by atoms with E-state index in [2.05, 4.69) is 0 Å². The summed E-state index contributed by atoms with van der Waals surface area (Å²) in [4.78, 5) is 47.2. The van der Waals surface area contributed by atoms with Gasteiger partial charge in [0, 0.05) is 6.07 Å². The number of halogens is 2. The van der Waals surface area contributed by atoms with E-state index < -0.39 is 32.4 Å². The van der Waals surface area contributed by atoms with Gasteiger partial charge in [-0.25, -0.2) is 0 Å². The van der Waals surface area contributed by atoms with E-state index in [0.29, 0.717) is 21.2 Å². The number of nitro benzene ring substituents is 2. The zero-order valence-corrected chi connectivity index (χ0v) is 20.2. The highest BCUT2D eigenvalue weighted by Gasteiger charge is 2.35. The van der Waals surface area contributed by atoms with Crippen molar-refractivity contribution in [3.05, 3.63) is 107 Å². The summed E-state index contributed by atoms with van der Waals surface area (Å²) in [7, 11) is 0. The third kappa shape index (κ3) is 5.48. The average Bonchev–Trinajstić information content (AvgIpc) is 3.09. The minimum Gasteiger partial charge on any atom is -0.450 e. The van der Waals surface area contributed by atoms with E-state index >= 15 is 0 Å². The third-order valence-electron chi connectivity index (χ3n) is 4.95. The Bertz CT molecular complexity index is 1440. The Morgan fingerprint density at radius 1 is 0.917 bits per heavy atom. The van der Waals surface area contributed by atoms with Crippen LogP contribution in [0, 0.1) is 20.2 Å². The largest absolute Gasteiger partial charge is 0.450 e. The number of imide groups is 1. The zero-order valence-electron chi connectivity index (χ0n) is 17.9. The van der Waals surface area contributed by atoms with Gasteiger partial charge in [0.15, 0.2) is 0 Å². The normalized spacial score (nSPS) is 14.4. The number of thioether (sulfide) groups is 1. The maximum Gasteiger partial charge on any atom is 0.318 e. The molecule has 0 spiro atoms. The molecule has 1 aliphatic rings. The molecule has 1 aliphatic heterocycles. The lowest BCUT2D eigenvalue weighted by atomic mass is 10.2. The average molecular weight is 546 g/mol. The molecule has 1 saturated heterocycles. The molecule has 3 aromatic rings. The predicted molar refractivity (Wildman–Crippen MR) is 134 cm³/mol. The molecule has 2 amide bonds. The van der Waals surface area contributed by atoms with Crippen molar-refractivity contribution in [2.24, 2.45) is 0 Å². The topological polar surface area (TPSA) is 133 Å². The number of benzene rings is 3. The first kappa shape index (κ1) is 25.2. The maximum absolute atomic E-state index is 12.8. The number of carbonyl (C=O) groups is 2. The summed E-state index contributed by atoms with van der Waals surface area (Å²) in [6.07, 6.45) is 1.54. The Labute approximate surface area is 217 Å². The smallest absolute Gasteiger partial charge is 0.318 e. The molecule has 0 N–H and O–H groups in total. The van der Waals surface area contributed by atoms with Crippen molar-refractivity contribution in [2.45, 2.75) is 6.54 Å². The molecule has 4 rings (SSSR count). The molecular formula is C23H13Cl2N3O7S. The molecule has 36 heavy (non-hydrogen) atoms. The summed E-state index contributed by atoms with van der Waals surface area (Å²) >= 11 is 12.7. The van der Waals surface area contributed by atoms with Crippen LogP contribution in [0.4, 0.5) is 16.2 Å². The number of non-ortho nitro benzene ring substituents is 1. The monoisotopic (exact) mass is 545 g/mol. The zero-order chi connectivity index (χ0) is 26.0. The molecule has 0 radical (unpaired) electrons. The summed E-state index contributed by atoms with van der Waals surface area (Å²) in [6, 6.07) is 14.1. The lowest BCUT2D eigenvalue weighted by molar-refractivity contribution is -0.394. The lowest BCUT2D eigenvalue weighted by Gasteiger charge is -2.12. The minimum atomic E-state index is -0.773. The van der Waals surface area contributed by atoms with Gasteiger partial charge in [0.2, 0.25) is 5.75 Å². The van der Waals surface area contributed by atoms with Gasteiger partial charge in [-0.2, -0.15) is 0 Å². The number of nitro groups is 2. The summed E-state index contributed by atoms with van der Waals surface area (Å²) in [5.41, 5.74) is 0.247. The van der Waals surface area contributed by atoms with Crippen LogP contribution in [-0.2, 0) is 11.3 Å². The Balaban J connectivity index is 1.49. The van der Waals surface area contributed by atoms with Crippen LogP contribution in [0.1, 0.15) is 11.1 Å². The van der Waals surface area contributed by atoms with E-state index in [4.69, 9.17) is 27.9 Å². The first-order chi connectivity index (χ1) is 17.1. The molecule has 0 atom stereocenters. The van der Waals surface area contributed by atoms with Gasteiger partial charge in [-0.3, -0.25) is 34.7 Å². The first-order valence-electron chi connectivity index (χ1n) is 10.0. The highest BCUT2D eigenvalue weighted by atomic mass is 35.5. The van der Waals surface area contributed by atoms with Crippen LogP contribution in [0.5, 0.6) is 11.5 Å². The Kier molecular flexibility index (Phi) is 7.25. The van der Waals surface area contributed by atoms with Gasteiger partial charge >= 0.3 is 5.69 Å². The molecule has 0 saturated carbocycles. The minimum absolute atomic E-state index is 0.0414. The number of ether oxygens (including phenoxy) is 1. The standard InChI is InChI=1S/C23H13Cl2N3O7S/c24-17-7-3-14(9-18(17)25)12-26-22(29)21(36-23(26)30)10-13-1-5-16(6-2-13)35-20-8-4-15(27(31)32)11-19(20)28(33)34/h1-11H,12H2/b21-10-. The van der Waals surface area contributed by atoms with Crippen LogP contribution in [0.15, 0.2) is 65.6 Å². The van der Waals surface area contributed by atoms with E-state index in [9.17, 15) is 29.8 Å². The summed E-state index contributed by atoms with van der Waals surface area (Å²) in [5.74, 6) is -0.392. The maximum atomic E-state index is 12.8. The van der Waals surface area contributed by atoms with E-state index in [1.165, 1.54) is 18.2 Å². The lowest BCUT2D eigenvalue weighted by Crippen LogP contribution is -2.27. The molecule has 182 valence electrons. The highest BCUT2D eigenvalue weighted by Crippen LogP contribution is 2.36. The van der Waals surface area contributed by atoms with Crippen LogP contribution in [-0.4, -0.2) is 25.9 Å². The van der Waals surface area contributed by atoms with Crippen molar-refractivity contribution in [1.82, 2.24) is 4.90 Å². The summed E-state index contributed by atoms with van der Waals surface area (Å²) in [6.45, 7) is 0.0414. The highest BCUT2D eigenvalue weighted by molar-refractivity contribution is 8.18. The number of hydrogen-bond acceptors (Lipinski definition) is 8. The number of hydrogen-bond donors (Lipinski definition) is 0. The van der Waals surface area contributed by atoms with E-state index in [1.807, 2.05) is 0 Å². The van der Waals surface area contributed by atoms with E-state index in [1.54, 1.807) is 30.3 Å². The SMILES string of the molecule is O=C1S/C(=C\c2ccc(Oc3ccc([N+](=O)[O-])cc3[N+](=O)[O-])cc2)C(=O)N1Cc1ccc(Cl)c(Cl)c1. The van der Waals surface area contributed by atoms with Gasteiger partial charge in [0.25, 0.3) is 16.8 Å². The summed E-state index contributed by atoms with van der Waals surface area (Å²) in [5, 5.41) is 22.4. The van der Waals surface area contributed by atoms with Crippen molar-refractivity contribution < 1.29 is 24.2 Å². The Morgan fingerprint density at radius 3 is 2.28 bits per heavy atom. The number of amides is 2. The van der Waals surface area contributed by atoms with Gasteiger partial charge in [-0.05, 0) is 59.3 Å². The van der Waals surface area contributed by atoms with Crippen LogP contribution < -0.4 is 4.74 Å². The van der Waals surface area contributed by atoms with E-state index in [-0.39, 0.29) is 22.9 Å². The molecular weight excluding hydrogens is 533 g/mol. The summed E-state index contributed by atoms with van der Waals surface area (Å²) < 4.78 is 5.53. The molecule has 0 unspecified atom stereocenters. The second kappa shape index (κ2) is 10.4. The molecule has 0 bridgehead atoms. The van der Waals surface area contributed by atoms with Crippen molar-refractivity contribution in [3.8, 4) is 11.5 Å². The number of nitrogens with zero attached hydrogens (tertiary/aromatic N) is 3. The van der Waals surface area contributed by atoms with Gasteiger partial charge in [-0.1, -0.05) is 41.4 Å². The van der Waals surface area contributed by atoms with Crippen molar-refractivity contribution in [1.29, 1.82) is 0 Å². The fraction of sp³-hybridized carbons (Fsp3) is 0.0435. The van der Waals surface area contributed by atoms with Gasteiger partial charge < -0.3 is 4.74 Å². The fourth-order valence-electron chi connectivity index (χ4n) is 3.22.